The maximum absolute atomic E-state index is 7.18. The Kier molecular flexibility index (Phi) is 5.65. The zero-order valence-corrected chi connectivity index (χ0v) is 11.3. The quantitative estimate of drug-likeness (QED) is 0.444. The van der Waals surface area contributed by atoms with Gasteiger partial charge in [-0.1, -0.05) is 26.0 Å². The third-order valence-electron chi connectivity index (χ3n) is 2.70. The van der Waals surface area contributed by atoms with Crippen LogP contribution in [0, 0.1) is 5.41 Å². The molecule has 4 nitrogen and oxygen atoms in total. The first kappa shape index (κ1) is 14.5. The highest BCUT2D eigenvalue weighted by Crippen LogP contribution is 2.18. The number of amidine groups is 1. The molecule has 4 heteroatoms. The van der Waals surface area contributed by atoms with E-state index < -0.39 is 0 Å². The van der Waals surface area contributed by atoms with Crippen LogP contribution in [0.5, 0.6) is 5.75 Å². The van der Waals surface area contributed by atoms with Crippen molar-refractivity contribution in [1.29, 1.82) is 5.41 Å². The first-order chi connectivity index (χ1) is 8.50. The molecule has 0 radical (unpaired) electrons. The molecule has 1 atom stereocenters. The van der Waals surface area contributed by atoms with Gasteiger partial charge >= 0.3 is 0 Å². The summed E-state index contributed by atoms with van der Waals surface area (Å²) in [6.07, 6.45) is -0.350. The molecule has 1 rings (SSSR count). The van der Waals surface area contributed by atoms with Crippen LogP contribution in [0.2, 0.25) is 0 Å². The highest BCUT2D eigenvalue weighted by atomic mass is 16.5. The van der Waals surface area contributed by atoms with Crippen molar-refractivity contribution in [2.45, 2.75) is 32.8 Å². The summed E-state index contributed by atoms with van der Waals surface area (Å²) in [5.41, 5.74) is 6.59. The average Bonchev–Trinajstić information content (AvgIpc) is 2.34. The van der Waals surface area contributed by atoms with E-state index in [0.717, 1.165) is 5.75 Å². The molecule has 0 aromatic heterocycles. The molecule has 0 saturated carbocycles. The van der Waals surface area contributed by atoms with Crippen molar-refractivity contribution in [3.63, 3.8) is 0 Å². The molecule has 0 spiro atoms. The number of nitrogens with one attached hydrogen (secondary N) is 1. The highest BCUT2D eigenvalue weighted by molar-refractivity contribution is 5.81. The Labute approximate surface area is 109 Å². The summed E-state index contributed by atoms with van der Waals surface area (Å²) in [5.74, 6) is 1.40. The van der Waals surface area contributed by atoms with Crippen LogP contribution in [0.1, 0.15) is 32.3 Å². The van der Waals surface area contributed by atoms with Gasteiger partial charge in [0.15, 0.2) is 0 Å². The lowest BCUT2D eigenvalue weighted by molar-refractivity contribution is 0.0794. The maximum atomic E-state index is 7.18. The van der Waals surface area contributed by atoms with E-state index in [1.165, 1.54) is 5.56 Å². The molecule has 0 saturated heterocycles. The van der Waals surface area contributed by atoms with E-state index in [-0.39, 0.29) is 11.9 Å². The Morgan fingerprint density at radius 1 is 1.17 bits per heavy atom. The monoisotopic (exact) mass is 250 g/mol. The Hall–Kier alpha value is -1.55. The predicted molar refractivity (Wildman–Crippen MR) is 73.4 cm³/mol. The van der Waals surface area contributed by atoms with Crippen molar-refractivity contribution in [2.24, 2.45) is 5.73 Å². The average molecular weight is 250 g/mol. The minimum atomic E-state index is -0.350. The summed E-state index contributed by atoms with van der Waals surface area (Å²) in [7, 11) is 0. The number of nitrogens with two attached hydrogens (primary N) is 1. The Morgan fingerprint density at radius 3 is 2.28 bits per heavy atom. The molecule has 1 aromatic rings. The largest absolute Gasteiger partial charge is 0.491 e. The van der Waals surface area contributed by atoms with Gasteiger partial charge in [0, 0.05) is 0 Å². The van der Waals surface area contributed by atoms with E-state index in [1.807, 2.05) is 12.1 Å². The van der Waals surface area contributed by atoms with Crippen molar-refractivity contribution in [2.75, 3.05) is 13.2 Å². The first-order valence-corrected chi connectivity index (χ1v) is 6.19. The fourth-order valence-electron chi connectivity index (χ4n) is 1.42. The standard InChI is InChI=1S/C14H22N2O2/c1-10(2)12-4-6-13(7-5-12)18-9-8-17-11(3)14(15)16/h4-7,10-11H,8-9H2,1-3H3,(H3,15,16). The third-order valence-corrected chi connectivity index (χ3v) is 2.70. The molecule has 3 N–H and O–H groups in total. The zero-order valence-electron chi connectivity index (χ0n) is 11.3. The smallest absolute Gasteiger partial charge is 0.120 e. The van der Waals surface area contributed by atoms with Crippen LogP contribution in [0.4, 0.5) is 0 Å². The molecule has 1 aromatic carbocycles. The summed E-state index contributed by atoms with van der Waals surface area (Å²) in [6, 6.07) is 8.06. The zero-order chi connectivity index (χ0) is 13.5. The molecule has 0 aliphatic rings. The van der Waals surface area contributed by atoms with E-state index in [1.54, 1.807) is 6.92 Å². The number of hydrogen-bond acceptors (Lipinski definition) is 3. The lowest BCUT2D eigenvalue weighted by Crippen LogP contribution is -2.28. The van der Waals surface area contributed by atoms with E-state index in [4.69, 9.17) is 20.6 Å². The lowest BCUT2D eigenvalue weighted by Gasteiger charge is -2.12. The van der Waals surface area contributed by atoms with E-state index in [0.29, 0.717) is 19.1 Å². The highest BCUT2D eigenvalue weighted by Gasteiger charge is 2.04. The molecule has 18 heavy (non-hydrogen) atoms. The minimum Gasteiger partial charge on any atom is -0.491 e. The van der Waals surface area contributed by atoms with Crippen molar-refractivity contribution < 1.29 is 9.47 Å². The second-order valence-electron chi connectivity index (χ2n) is 4.54. The van der Waals surface area contributed by atoms with Gasteiger partial charge in [-0.2, -0.15) is 0 Å². The van der Waals surface area contributed by atoms with Crippen LogP contribution in [-0.2, 0) is 4.74 Å². The van der Waals surface area contributed by atoms with E-state index >= 15 is 0 Å². The molecule has 1 unspecified atom stereocenters. The summed E-state index contributed by atoms with van der Waals surface area (Å²) in [5, 5.41) is 7.18. The molecule has 100 valence electrons. The number of ether oxygens (including phenoxy) is 2. The van der Waals surface area contributed by atoms with Gasteiger partial charge in [-0.3, -0.25) is 5.41 Å². The molecule has 0 amide bonds. The van der Waals surface area contributed by atoms with Gasteiger partial charge in [-0.15, -0.1) is 0 Å². The van der Waals surface area contributed by atoms with Crippen molar-refractivity contribution in [3.05, 3.63) is 29.8 Å². The fraction of sp³-hybridized carbons (Fsp3) is 0.500. The molecule has 0 aliphatic carbocycles. The first-order valence-electron chi connectivity index (χ1n) is 6.19. The van der Waals surface area contributed by atoms with Gasteiger partial charge in [-0.25, -0.2) is 0 Å². The normalized spacial score (nSPS) is 12.4. The van der Waals surface area contributed by atoms with Crippen LogP contribution < -0.4 is 10.5 Å². The van der Waals surface area contributed by atoms with E-state index in [2.05, 4.69) is 26.0 Å². The van der Waals surface area contributed by atoms with Crippen LogP contribution >= 0.6 is 0 Å². The molecular formula is C14H22N2O2. The SMILES string of the molecule is CC(OCCOc1ccc(C(C)C)cc1)C(=N)N. The summed E-state index contributed by atoms with van der Waals surface area (Å²) >= 11 is 0. The second-order valence-corrected chi connectivity index (χ2v) is 4.54. The van der Waals surface area contributed by atoms with Gasteiger partial charge < -0.3 is 15.2 Å². The van der Waals surface area contributed by atoms with E-state index in [9.17, 15) is 0 Å². The Morgan fingerprint density at radius 2 is 1.78 bits per heavy atom. The molecular weight excluding hydrogens is 228 g/mol. The van der Waals surface area contributed by atoms with Gasteiger partial charge in [0.2, 0.25) is 0 Å². The molecule has 0 aliphatic heterocycles. The van der Waals surface area contributed by atoms with Crippen molar-refractivity contribution in [3.8, 4) is 5.75 Å². The molecule has 0 heterocycles. The number of benzene rings is 1. The van der Waals surface area contributed by atoms with Crippen molar-refractivity contribution >= 4 is 5.84 Å². The van der Waals surface area contributed by atoms with Crippen LogP contribution in [0.25, 0.3) is 0 Å². The van der Waals surface area contributed by atoms with Crippen LogP contribution in [0.3, 0.4) is 0 Å². The lowest BCUT2D eigenvalue weighted by atomic mass is 10.0. The topological polar surface area (TPSA) is 68.3 Å². The fourth-order valence-corrected chi connectivity index (χ4v) is 1.42. The van der Waals surface area contributed by atoms with Gasteiger partial charge in [-0.05, 0) is 30.5 Å². The maximum Gasteiger partial charge on any atom is 0.120 e. The third kappa shape index (κ3) is 4.75. The van der Waals surface area contributed by atoms with Gasteiger partial charge in [0.25, 0.3) is 0 Å². The number of rotatable bonds is 7. The Bertz CT molecular complexity index is 374. The van der Waals surface area contributed by atoms with Crippen LogP contribution in [0.15, 0.2) is 24.3 Å². The Balaban J connectivity index is 2.29. The van der Waals surface area contributed by atoms with Crippen LogP contribution in [-0.4, -0.2) is 25.2 Å². The predicted octanol–water partition coefficient (Wildman–Crippen LogP) is 2.53. The molecule has 0 bridgehead atoms. The van der Waals surface area contributed by atoms with Gasteiger partial charge in [0.05, 0.1) is 6.61 Å². The summed E-state index contributed by atoms with van der Waals surface area (Å²) in [6.45, 7) is 6.95. The summed E-state index contributed by atoms with van der Waals surface area (Å²) in [4.78, 5) is 0. The minimum absolute atomic E-state index is 0.0382. The molecule has 0 fully saturated rings. The number of hydrogen-bond donors (Lipinski definition) is 2. The van der Waals surface area contributed by atoms with Gasteiger partial charge in [0.1, 0.15) is 24.3 Å². The second kappa shape index (κ2) is 7.01. The van der Waals surface area contributed by atoms with Crippen molar-refractivity contribution in [1.82, 2.24) is 0 Å². The summed E-state index contributed by atoms with van der Waals surface area (Å²) < 4.78 is 10.8.